The van der Waals surface area contributed by atoms with Crippen molar-refractivity contribution in [1.29, 1.82) is 0 Å². The summed E-state index contributed by atoms with van der Waals surface area (Å²) in [7, 11) is -3.90. The molecule has 0 atom stereocenters. The van der Waals surface area contributed by atoms with E-state index in [1.807, 2.05) is 11.8 Å². The number of rotatable bonds is 6. The number of imidazole rings is 1. The number of aromatic nitrogens is 4. The molecule has 1 amide bonds. The third-order valence-electron chi connectivity index (χ3n) is 6.38. The quantitative estimate of drug-likeness (QED) is 0.477. The number of ether oxygens (including phenoxy) is 1. The topological polar surface area (TPSA) is 122 Å². The summed E-state index contributed by atoms with van der Waals surface area (Å²) in [6.07, 6.45) is 1.29. The lowest BCUT2D eigenvalue weighted by molar-refractivity contribution is 0.0240. The van der Waals surface area contributed by atoms with Gasteiger partial charge in [0, 0.05) is 37.9 Å². The predicted octanol–water partition coefficient (Wildman–Crippen LogP) is 3.68. The van der Waals surface area contributed by atoms with Crippen LogP contribution in [0.3, 0.4) is 0 Å². The summed E-state index contributed by atoms with van der Waals surface area (Å²) >= 11 is 0.704. The van der Waals surface area contributed by atoms with Gasteiger partial charge in [-0.3, -0.25) is 4.40 Å². The Hall–Kier alpha value is -2.91. The molecule has 5 rings (SSSR count). The monoisotopic (exact) mass is 569 g/mol. The van der Waals surface area contributed by atoms with E-state index in [-0.39, 0.29) is 15.7 Å². The molecule has 3 aromatic rings. The molecule has 0 spiro atoms. The van der Waals surface area contributed by atoms with E-state index in [9.17, 15) is 22.0 Å². The van der Waals surface area contributed by atoms with Gasteiger partial charge in [-0.25, -0.2) is 31.7 Å². The largest absolute Gasteiger partial charge is 0.444 e. The minimum absolute atomic E-state index is 0.0144. The first-order chi connectivity index (χ1) is 17.7. The third-order valence-corrected chi connectivity index (χ3v) is 8.91. The Kier molecular flexibility index (Phi) is 6.59. The number of pyridine rings is 1. The number of nitrogens with one attached hydrogen (secondary N) is 1. The molecule has 0 aromatic carbocycles. The highest BCUT2D eigenvalue weighted by molar-refractivity contribution is 7.89. The number of halogens is 2. The Morgan fingerprint density at radius 2 is 1.87 bits per heavy atom. The average Bonchev–Trinajstić information content (AvgIpc) is 3.22. The van der Waals surface area contributed by atoms with E-state index in [1.165, 1.54) is 6.20 Å². The Bertz CT molecular complexity index is 1470. The van der Waals surface area contributed by atoms with Gasteiger partial charge in [-0.05, 0) is 46.6 Å². The number of carbonyl (C=O) groups is 1. The van der Waals surface area contributed by atoms with Crippen LogP contribution in [0.1, 0.15) is 52.0 Å². The fourth-order valence-electron chi connectivity index (χ4n) is 4.16. The molecule has 3 aromatic heterocycles. The molecule has 0 bridgehead atoms. The molecule has 15 heteroatoms. The van der Waals surface area contributed by atoms with Crippen molar-refractivity contribution >= 4 is 38.7 Å². The van der Waals surface area contributed by atoms with E-state index in [4.69, 9.17) is 4.74 Å². The molecule has 11 nitrogen and oxygen atoms in total. The minimum atomic E-state index is -3.90. The summed E-state index contributed by atoms with van der Waals surface area (Å²) in [5.41, 5.74) is 0.0685. The van der Waals surface area contributed by atoms with Gasteiger partial charge in [-0.15, -0.1) is 10.2 Å². The summed E-state index contributed by atoms with van der Waals surface area (Å²) in [6, 6.07) is 1.59. The summed E-state index contributed by atoms with van der Waals surface area (Å²) in [4.78, 5) is 20.5. The van der Waals surface area contributed by atoms with E-state index < -0.39 is 38.7 Å². The molecular formula is C23H29F2N7O4S2. The van der Waals surface area contributed by atoms with Crippen molar-refractivity contribution in [2.45, 2.75) is 63.0 Å². The highest BCUT2D eigenvalue weighted by Crippen LogP contribution is 2.37. The smallest absolute Gasteiger partial charge is 0.410 e. The van der Waals surface area contributed by atoms with Crippen molar-refractivity contribution in [3.63, 3.8) is 0 Å². The zero-order valence-electron chi connectivity index (χ0n) is 21.4. The molecule has 0 unspecified atom stereocenters. The van der Waals surface area contributed by atoms with Gasteiger partial charge in [-0.1, -0.05) is 11.3 Å². The maximum absolute atomic E-state index is 13.3. The summed E-state index contributed by atoms with van der Waals surface area (Å²) in [6.45, 7) is 8.87. The standard InChI is InChI=1S/C23H29F2N7O4S2/c1-22(2,3)36-21(33)31-9-7-30(8-10-31)15-11-14(38(34,35)29-23(4)5-6-23)13-32-16(15)12-26-18(32)20-28-27-19(37-20)17(24)25/h11-13,17,29H,5-10H2,1-4H3. The van der Waals surface area contributed by atoms with Crippen molar-refractivity contribution in [3.05, 3.63) is 23.5 Å². The molecule has 38 heavy (non-hydrogen) atoms. The first-order valence-corrected chi connectivity index (χ1v) is 14.4. The summed E-state index contributed by atoms with van der Waals surface area (Å²) in [5, 5.41) is 7.11. The van der Waals surface area contributed by atoms with Gasteiger partial charge < -0.3 is 14.5 Å². The Morgan fingerprint density at radius 1 is 1.18 bits per heavy atom. The van der Waals surface area contributed by atoms with Gasteiger partial charge in [0.25, 0.3) is 6.43 Å². The normalized spacial score (nSPS) is 17.9. The zero-order valence-corrected chi connectivity index (χ0v) is 23.1. The lowest BCUT2D eigenvalue weighted by Crippen LogP contribution is -2.50. The second-order valence-electron chi connectivity index (χ2n) is 10.8. The molecule has 1 aliphatic heterocycles. The summed E-state index contributed by atoms with van der Waals surface area (Å²) in [5.74, 6) is 0.215. The first-order valence-electron chi connectivity index (χ1n) is 12.1. The molecule has 2 fully saturated rings. The molecule has 1 N–H and O–H groups in total. The maximum atomic E-state index is 13.3. The van der Waals surface area contributed by atoms with E-state index in [0.717, 1.165) is 12.8 Å². The van der Waals surface area contributed by atoms with Crippen LogP contribution in [0.5, 0.6) is 0 Å². The maximum Gasteiger partial charge on any atom is 0.410 e. The number of alkyl halides is 2. The van der Waals surface area contributed by atoms with Crippen molar-refractivity contribution in [2.75, 3.05) is 31.1 Å². The number of piperazine rings is 1. The summed E-state index contributed by atoms with van der Waals surface area (Å²) < 4.78 is 62.8. The highest BCUT2D eigenvalue weighted by Gasteiger charge is 2.41. The molecule has 1 saturated carbocycles. The van der Waals surface area contributed by atoms with Gasteiger partial charge >= 0.3 is 6.09 Å². The molecular weight excluding hydrogens is 540 g/mol. The highest BCUT2D eigenvalue weighted by atomic mass is 32.2. The molecule has 206 valence electrons. The second kappa shape index (κ2) is 9.38. The van der Waals surface area contributed by atoms with E-state index in [0.29, 0.717) is 48.7 Å². The Morgan fingerprint density at radius 3 is 2.45 bits per heavy atom. The number of amides is 1. The van der Waals surface area contributed by atoms with Crippen molar-refractivity contribution < 1.29 is 26.7 Å². The molecule has 4 heterocycles. The van der Waals surface area contributed by atoms with Crippen LogP contribution in [-0.4, -0.2) is 76.3 Å². The van der Waals surface area contributed by atoms with Gasteiger partial charge in [0.05, 0.1) is 17.4 Å². The Balaban J connectivity index is 1.52. The van der Waals surface area contributed by atoms with E-state index >= 15 is 0 Å². The number of sulfonamides is 1. The fraction of sp³-hybridized carbons (Fsp3) is 0.565. The predicted molar refractivity (Wildman–Crippen MR) is 137 cm³/mol. The van der Waals surface area contributed by atoms with Crippen molar-refractivity contribution in [2.24, 2.45) is 0 Å². The Labute approximate surface area is 222 Å². The van der Waals surface area contributed by atoms with Crippen LogP contribution in [0.15, 0.2) is 23.4 Å². The van der Waals surface area contributed by atoms with Crippen LogP contribution in [0, 0.1) is 0 Å². The van der Waals surface area contributed by atoms with Gasteiger partial charge in [0.1, 0.15) is 10.5 Å². The fourth-order valence-corrected chi connectivity index (χ4v) is 6.33. The first kappa shape index (κ1) is 26.7. The lowest BCUT2D eigenvalue weighted by atomic mass is 10.2. The van der Waals surface area contributed by atoms with Crippen LogP contribution in [0.2, 0.25) is 0 Å². The average molecular weight is 570 g/mol. The van der Waals surface area contributed by atoms with Gasteiger partial charge in [-0.2, -0.15) is 0 Å². The van der Waals surface area contributed by atoms with Crippen molar-refractivity contribution in [1.82, 2.24) is 29.2 Å². The third kappa shape index (κ3) is 5.45. The van der Waals surface area contributed by atoms with Crippen LogP contribution < -0.4 is 9.62 Å². The molecule has 1 saturated heterocycles. The van der Waals surface area contributed by atoms with Crippen LogP contribution in [0.4, 0.5) is 19.3 Å². The minimum Gasteiger partial charge on any atom is -0.444 e. The molecule has 1 aliphatic carbocycles. The second-order valence-corrected chi connectivity index (χ2v) is 13.5. The number of anilines is 1. The van der Waals surface area contributed by atoms with Gasteiger partial charge in [0.2, 0.25) is 10.0 Å². The van der Waals surface area contributed by atoms with E-state index in [1.54, 1.807) is 42.3 Å². The van der Waals surface area contributed by atoms with Crippen LogP contribution >= 0.6 is 11.3 Å². The van der Waals surface area contributed by atoms with Crippen molar-refractivity contribution in [3.8, 4) is 10.8 Å². The number of carbonyl (C=O) groups excluding carboxylic acids is 1. The number of hydrogen-bond acceptors (Lipinski definition) is 9. The van der Waals surface area contributed by atoms with E-state index in [2.05, 4.69) is 19.9 Å². The van der Waals surface area contributed by atoms with Crippen LogP contribution in [-0.2, 0) is 14.8 Å². The molecule has 2 aliphatic rings. The van der Waals surface area contributed by atoms with Gasteiger partial charge in [0.15, 0.2) is 15.8 Å². The zero-order chi connectivity index (χ0) is 27.5. The molecule has 0 radical (unpaired) electrons. The SMILES string of the molecule is CC1(NS(=O)(=O)c2cc(N3CCN(C(=O)OC(C)(C)C)CC3)c3cnc(-c4nnc(C(F)F)s4)n3c2)CC1. The number of nitrogens with zero attached hydrogens (tertiary/aromatic N) is 6. The lowest BCUT2D eigenvalue weighted by Gasteiger charge is -2.37. The number of fused-ring (bicyclic) bond motifs is 1. The number of hydrogen-bond donors (Lipinski definition) is 1. The van der Waals surface area contributed by atoms with Crippen LogP contribution in [0.25, 0.3) is 16.3 Å².